The van der Waals surface area contributed by atoms with Crippen LogP contribution in [0.15, 0.2) is 36.4 Å². The van der Waals surface area contributed by atoms with E-state index in [1.165, 1.54) is 6.07 Å². The van der Waals surface area contributed by atoms with Crippen LogP contribution >= 0.6 is 0 Å². The lowest BCUT2D eigenvalue weighted by Crippen LogP contribution is -2.40. The molecule has 0 atom stereocenters. The Morgan fingerprint density at radius 2 is 1.78 bits per heavy atom. The van der Waals surface area contributed by atoms with E-state index in [0.29, 0.717) is 49.4 Å². The molecule has 2 aromatic heterocycles. The van der Waals surface area contributed by atoms with E-state index in [9.17, 15) is 18.0 Å². The lowest BCUT2D eigenvalue weighted by molar-refractivity contribution is -0.146. The number of fused-ring (bicyclic) bond motifs is 1. The van der Waals surface area contributed by atoms with Crippen molar-refractivity contribution in [2.45, 2.75) is 32.2 Å². The van der Waals surface area contributed by atoms with Crippen molar-refractivity contribution in [3.63, 3.8) is 0 Å². The SMILES string of the molecule is COCc1ccc(CNC(=O)C2CCN(c3ccc4nnc(C(F)(F)F)n4n3)CC2)cc1. The number of methoxy groups -OCH3 is 1. The van der Waals surface area contributed by atoms with Crippen LogP contribution in [0.25, 0.3) is 5.65 Å². The lowest BCUT2D eigenvalue weighted by atomic mass is 9.96. The normalized spacial score (nSPS) is 15.3. The predicted molar refractivity (Wildman–Crippen MR) is 110 cm³/mol. The van der Waals surface area contributed by atoms with Crippen LogP contribution in [0.1, 0.15) is 29.8 Å². The summed E-state index contributed by atoms with van der Waals surface area (Å²) in [6, 6.07) is 10.9. The second kappa shape index (κ2) is 9.11. The van der Waals surface area contributed by atoms with Gasteiger partial charge in [-0.15, -0.1) is 15.3 Å². The summed E-state index contributed by atoms with van der Waals surface area (Å²) >= 11 is 0. The first-order valence-corrected chi connectivity index (χ1v) is 10.2. The molecule has 170 valence electrons. The summed E-state index contributed by atoms with van der Waals surface area (Å²) in [5, 5.41) is 13.8. The van der Waals surface area contributed by atoms with Gasteiger partial charge in [-0.1, -0.05) is 24.3 Å². The zero-order chi connectivity index (χ0) is 22.7. The molecule has 0 radical (unpaired) electrons. The quantitative estimate of drug-likeness (QED) is 0.624. The molecule has 1 amide bonds. The molecule has 1 aromatic carbocycles. The summed E-state index contributed by atoms with van der Waals surface area (Å²) in [5.41, 5.74) is 2.10. The Labute approximate surface area is 182 Å². The van der Waals surface area contributed by atoms with E-state index < -0.39 is 12.0 Å². The highest BCUT2D eigenvalue weighted by Gasteiger charge is 2.38. The second-order valence-corrected chi connectivity index (χ2v) is 7.71. The first-order valence-electron chi connectivity index (χ1n) is 10.2. The molecule has 1 saturated heterocycles. The molecular formula is C21H23F3N6O2. The van der Waals surface area contributed by atoms with E-state index in [4.69, 9.17) is 4.74 Å². The minimum atomic E-state index is -4.64. The van der Waals surface area contributed by atoms with E-state index in [1.807, 2.05) is 29.2 Å². The van der Waals surface area contributed by atoms with Crippen molar-refractivity contribution in [1.29, 1.82) is 0 Å². The zero-order valence-electron chi connectivity index (χ0n) is 17.5. The molecule has 0 spiro atoms. The number of piperidine rings is 1. The number of anilines is 1. The summed E-state index contributed by atoms with van der Waals surface area (Å²) < 4.78 is 45.1. The Bertz CT molecular complexity index is 1080. The third kappa shape index (κ3) is 4.82. The molecule has 4 rings (SSSR count). The minimum absolute atomic E-state index is 0.0211. The molecule has 11 heteroatoms. The number of nitrogens with zero attached hydrogens (tertiary/aromatic N) is 5. The van der Waals surface area contributed by atoms with E-state index >= 15 is 0 Å². The van der Waals surface area contributed by atoms with Crippen LogP contribution in [0.2, 0.25) is 0 Å². The van der Waals surface area contributed by atoms with Gasteiger partial charge in [-0.05, 0) is 36.1 Å². The second-order valence-electron chi connectivity index (χ2n) is 7.71. The molecule has 3 aromatic rings. The Morgan fingerprint density at radius 3 is 2.44 bits per heavy atom. The van der Waals surface area contributed by atoms with Crippen LogP contribution < -0.4 is 10.2 Å². The molecule has 1 fully saturated rings. The molecule has 0 bridgehead atoms. The topological polar surface area (TPSA) is 84.6 Å². The number of amides is 1. The minimum Gasteiger partial charge on any atom is -0.380 e. The summed E-state index contributed by atoms with van der Waals surface area (Å²) in [6.07, 6.45) is -3.46. The number of rotatable bonds is 6. The number of alkyl halides is 3. The number of halogens is 3. The van der Waals surface area contributed by atoms with Gasteiger partial charge in [0.2, 0.25) is 5.91 Å². The van der Waals surface area contributed by atoms with Crippen LogP contribution in [-0.4, -0.2) is 45.9 Å². The monoisotopic (exact) mass is 448 g/mol. The number of aromatic nitrogens is 4. The van der Waals surface area contributed by atoms with Crippen molar-refractivity contribution in [2.75, 3.05) is 25.1 Å². The number of nitrogens with one attached hydrogen (secondary N) is 1. The first-order chi connectivity index (χ1) is 15.3. The zero-order valence-corrected chi connectivity index (χ0v) is 17.5. The van der Waals surface area contributed by atoms with Gasteiger partial charge in [0.15, 0.2) is 5.65 Å². The fourth-order valence-corrected chi connectivity index (χ4v) is 3.75. The van der Waals surface area contributed by atoms with Crippen molar-refractivity contribution >= 4 is 17.4 Å². The molecule has 0 unspecified atom stereocenters. The smallest absolute Gasteiger partial charge is 0.380 e. The van der Waals surface area contributed by atoms with Crippen molar-refractivity contribution < 1.29 is 22.7 Å². The molecule has 1 aliphatic rings. The molecule has 0 aliphatic carbocycles. The highest BCUT2D eigenvalue weighted by molar-refractivity contribution is 5.79. The van der Waals surface area contributed by atoms with Gasteiger partial charge in [-0.2, -0.15) is 17.7 Å². The van der Waals surface area contributed by atoms with Gasteiger partial charge in [-0.25, -0.2) is 0 Å². The largest absolute Gasteiger partial charge is 0.453 e. The van der Waals surface area contributed by atoms with E-state index in [2.05, 4.69) is 20.6 Å². The number of carbonyl (C=O) groups excluding carboxylic acids is 1. The first kappa shape index (κ1) is 22.0. The number of ether oxygens (including phenoxy) is 1. The third-order valence-electron chi connectivity index (χ3n) is 5.49. The van der Waals surface area contributed by atoms with Crippen molar-refractivity contribution in [3.05, 3.63) is 53.3 Å². The van der Waals surface area contributed by atoms with Crippen LogP contribution in [0.5, 0.6) is 0 Å². The maximum atomic E-state index is 13.1. The average Bonchev–Trinajstić information content (AvgIpc) is 3.23. The van der Waals surface area contributed by atoms with E-state index in [0.717, 1.165) is 11.1 Å². The molecule has 0 saturated carbocycles. The van der Waals surface area contributed by atoms with Crippen molar-refractivity contribution in [2.24, 2.45) is 5.92 Å². The molecule has 1 aliphatic heterocycles. The molecule has 32 heavy (non-hydrogen) atoms. The van der Waals surface area contributed by atoms with Crippen molar-refractivity contribution in [3.8, 4) is 0 Å². The molecular weight excluding hydrogens is 425 g/mol. The highest BCUT2D eigenvalue weighted by atomic mass is 19.4. The Hall–Kier alpha value is -3.21. The van der Waals surface area contributed by atoms with Gasteiger partial charge in [0.1, 0.15) is 5.82 Å². The maximum Gasteiger partial charge on any atom is 0.453 e. The van der Waals surface area contributed by atoms with Crippen LogP contribution in [-0.2, 0) is 28.9 Å². The molecule has 3 heterocycles. The van der Waals surface area contributed by atoms with Gasteiger partial charge >= 0.3 is 6.18 Å². The van der Waals surface area contributed by atoms with Crippen LogP contribution in [0, 0.1) is 5.92 Å². The molecule has 8 nitrogen and oxygen atoms in total. The van der Waals surface area contributed by atoms with E-state index in [1.54, 1.807) is 13.2 Å². The Kier molecular flexibility index (Phi) is 6.26. The van der Waals surface area contributed by atoms with Gasteiger partial charge < -0.3 is 15.0 Å². The van der Waals surface area contributed by atoms with Gasteiger partial charge in [0.05, 0.1) is 6.61 Å². The lowest BCUT2D eigenvalue weighted by Gasteiger charge is -2.32. The number of carbonyl (C=O) groups is 1. The fourth-order valence-electron chi connectivity index (χ4n) is 3.75. The summed E-state index contributed by atoms with van der Waals surface area (Å²) in [7, 11) is 1.64. The number of hydrogen-bond acceptors (Lipinski definition) is 6. The standard InChI is InChI=1S/C21H23F3N6O2/c1-32-13-15-4-2-14(3-5-15)12-25-19(31)16-8-10-29(11-9-16)18-7-6-17-26-27-20(21(22,23)24)30(17)28-18/h2-7,16H,8-13H2,1H3,(H,25,31). The summed E-state index contributed by atoms with van der Waals surface area (Å²) in [5.74, 6) is -0.924. The Balaban J connectivity index is 1.33. The van der Waals surface area contributed by atoms with Crippen LogP contribution in [0.4, 0.5) is 19.0 Å². The summed E-state index contributed by atoms with van der Waals surface area (Å²) in [6.45, 7) is 2.03. The van der Waals surface area contributed by atoms with Crippen molar-refractivity contribution in [1.82, 2.24) is 25.1 Å². The third-order valence-corrected chi connectivity index (χ3v) is 5.49. The average molecular weight is 448 g/mol. The predicted octanol–water partition coefficient (Wildman–Crippen LogP) is 2.82. The van der Waals surface area contributed by atoms with Gasteiger partial charge in [0, 0.05) is 32.7 Å². The molecule has 1 N–H and O–H groups in total. The Morgan fingerprint density at radius 1 is 1.09 bits per heavy atom. The van der Waals surface area contributed by atoms with Crippen LogP contribution in [0.3, 0.4) is 0 Å². The summed E-state index contributed by atoms with van der Waals surface area (Å²) in [4.78, 5) is 14.4. The van der Waals surface area contributed by atoms with Gasteiger partial charge in [0.25, 0.3) is 5.82 Å². The maximum absolute atomic E-state index is 13.1. The van der Waals surface area contributed by atoms with Gasteiger partial charge in [-0.3, -0.25) is 4.79 Å². The van der Waals surface area contributed by atoms with E-state index in [-0.39, 0.29) is 17.5 Å². The number of benzene rings is 1. The number of hydrogen-bond donors (Lipinski definition) is 1. The highest BCUT2D eigenvalue weighted by Crippen LogP contribution is 2.28. The fraction of sp³-hybridized carbons (Fsp3) is 0.429.